The van der Waals surface area contributed by atoms with Gasteiger partial charge in [0.05, 0.1) is 11.3 Å². The minimum absolute atomic E-state index is 0.729. The molecule has 1 aromatic heterocycles. The highest BCUT2D eigenvalue weighted by Gasteiger charge is 2.26. The lowest BCUT2D eigenvalue weighted by atomic mass is 9.99. The summed E-state index contributed by atoms with van der Waals surface area (Å²) in [6, 6.07) is 5.09. The normalized spacial score (nSPS) is 20.9. The molecule has 2 aliphatic heterocycles. The highest BCUT2D eigenvalue weighted by molar-refractivity contribution is 5.50. The van der Waals surface area contributed by atoms with Crippen molar-refractivity contribution >= 4 is 5.82 Å². The van der Waals surface area contributed by atoms with Crippen LogP contribution in [0.25, 0.3) is 0 Å². The van der Waals surface area contributed by atoms with Gasteiger partial charge in [0.1, 0.15) is 11.9 Å². The van der Waals surface area contributed by atoms with Gasteiger partial charge >= 0.3 is 0 Å². The number of aromatic nitrogens is 1. The Labute approximate surface area is 133 Å². The molecule has 2 fully saturated rings. The molecule has 0 bridgehead atoms. The molecule has 3 rings (SSSR count). The van der Waals surface area contributed by atoms with Gasteiger partial charge in [-0.15, -0.1) is 0 Å². The van der Waals surface area contributed by atoms with Gasteiger partial charge in [0.25, 0.3) is 0 Å². The second-order valence-electron chi connectivity index (χ2n) is 6.68. The van der Waals surface area contributed by atoms with Gasteiger partial charge < -0.3 is 9.80 Å². The highest BCUT2D eigenvalue weighted by Crippen LogP contribution is 2.25. The van der Waals surface area contributed by atoms with Crippen molar-refractivity contribution in [1.82, 2.24) is 9.88 Å². The van der Waals surface area contributed by atoms with Crippen molar-refractivity contribution in [3.63, 3.8) is 0 Å². The quantitative estimate of drug-likeness (QED) is 0.842. The number of piperidine rings is 2. The molecule has 118 valence electrons. The summed E-state index contributed by atoms with van der Waals surface area (Å²) in [6.45, 7) is 8.70. The number of hydrogen-bond donors (Lipinski definition) is 0. The Hall–Kier alpha value is -1.60. The molecule has 0 unspecified atom stereocenters. The molecule has 2 saturated heterocycles. The Bertz CT molecular complexity index is 538. The van der Waals surface area contributed by atoms with E-state index >= 15 is 0 Å². The van der Waals surface area contributed by atoms with Gasteiger partial charge in [0, 0.05) is 19.1 Å². The fraction of sp³-hybridized carbons (Fsp3) is 0.667. The van der Waals surface area contributed by atoms with E-state index in [1.54, 1.807) is 0 Å². The number of anilines is 1. The van der Waals surface area contributed by atoms with Crippen LogP contribution in [0.5, 0.6) is 0 Å². The third-order valence-electron chi connectivity index (χ3n) is 5.19. The molecule has 0 amide bonds. The summed E-state index contributed by atoms with van der Waals surface area (Å²) in [5, 5.41) is 9.17. The van der Waals surface area contributed by atoms with Crippen LogP contribution in [0.2, 0.25) is 0 Å². The van der Waals surface area contributed by atoms with Crippen LogP contribution >= 0.6 is 0 Å². The number of likely N-dealkylation sites (tertiary alicyclic amines) is 1. The first-order valence-corrected chi connectivity index (χ1v) is 8.56. The summed E-state index contributed by atoms with van der Waals surface area (Å²) in [4.78, 5) is 9.74. The lowest BCUT2D eigenvalue weighted by Gasteiger charge is -2.40. The summed E-state index contributed by atoms with van der Waals surface area (Å²) in [6.07, 6.45) is 6.62. The summed E-state index contributed by atoms with van der Waals surface area (Å²) < 4.78 is 0. The van der Waals surface area contributed by atoms with Crippen LogP contribution in [-0.4, -0.2) is 42.1 Å². The zero-order chi connectivity index (χ0) is 15.5. The minimum atomic E-state index is 0.729. The van der Waals surface area contributed by atoms with Crippen LogP contribution in [0.3, 0.4) is 0 Å². The molecule has 0 atom stereocenters. The average molecular weight is 298 g/mol. The monoisotopic (exact) mass is 298 g/mol. The second kappa shape index (κ2) is 6.66. The van der Waals surface area contributed by atoms with Crippen LogP contribution < -0.4 is 4.90 Å². The molecule has 3 heterocycles. The Morgan fingerprint density at radius 2 is 1.77 bits per heavy atom. The number of rotatable bonds is 2. The molecular formula is C18H26N4. The Kier molecular flexibility index (Phi) is 4.63. The van der Waals surface area contributed by atoms with Crippen LogP contribution in [0.1, 0.15) is 48.9 Å². The van der Waals surface area contributed by atoms with E-state index in [1.165, 1.54) is 45.2 Å². The largest absolute Gasteiger partial charge is 0.356 e. The van der Waals surface area contributed by atoms with E-state index in [0.29, 0.717) is 0 Å². The molecular weight excluding hydrogens is 272 g/mol. The molecule has 0 aliphatic carbocycles. The third-order valence-corrected chi connectivity index (χ3v) is 5.19. The number of pyridine rings is 1. The van der Waals surface area contributed by atoms with Gasteiger partial charge in [-0.2, -0.15) is 5.26 Å². The first-order valence-electron chi connectivity index (χ1n) is 8.56. The minimum Gasteiger partial charge on any atom is -0.356 e. The van der Waals surface area contributed by atoms with Crippen molar-refractivity contribution in [1.29, 1.82) is 5.26 Å². The predicted molar refractivity (Wildman–Crippen MR) is 89.1 cm³/mol. The maximum atomic E-state index is 9.17. The zero-order valence-corrected chi connectivity index (χ0v) is 13.8. The van der Waals surface area contributed by atoms with Crippen molar-refractivity contribution in [2.75, 3.05) is 31.1 Å². The van der Waals surface area contributed by atoms with E-state index in [0.717, 1.165) is 41.8 Å². The summed E-state index contributed by atoms with van der Waals surface area (Å²) in [5.41, 5.74) is 2.63. The summed E-state index contributed by atoms with van der Waals surface area (Å²) >= 11 is 0. The van der Waals surface area contributed by atoms with Crippen molar-refractivity contribution in [3.8, 4) is 6.07 Å². The number of nitriles is 1. The van der Waals surface area contributed by atoms with E-state index in [2.05, 4.69) is 26.9 Å². The molecule has 4 nitrogen and oxygen atoms in total. The Balaban J connectivity index is 1.65. The maximum Gasteiger partial charge on any atom is 0.129 e. The first-order chi connectivity index (χ1) is 10.7. The van der Waals surface area contributed by atoms with Gasteiger partial charge in [-0.25, -0.2) is 4.98 Å². The molecule has 0 radical (unpaired) electrons. The molecule has 1 aromatic rings. The fourth-order valence-electron chi connectivity index (χ4n) is 3.89. The van der Waals surface area contributed by atoms with Gasteiger partial charge in [0.15, 0.2) is 0 Å². The van der Waals surface area contributed by atoms with Crippen molar-refractivity contribution in [3.05, 3.63) is 22.9 Å². The topological polar surface area (TPSA) is 43.2 Å². The molecule has 0 aromatic carbocycles. The van der Waals surface area contributed by atoms with Gasteiger partial charge in [0.2, 0.25) is 0 Å². The van der Waals surface area contributed by atoms with Gasteiger partial charge in [-0.3, -0.25) is 0 Å². The van der Waals surface area contributed by atoms with Gasteiger partial charge in [-0.05, 0) is 64.3 Å². The van der Waals surface area contributed by atoms with Crippen LogP contribution in [0.4, 0.5) is 5.82 Å². The lowest BCUT2D eigenvalue weighted by molar-refractivity contribution is 0.141. The molecule has 0 saturated carbocycles. The van der Waals surface area contributed by atoms with E-state index in [4.69, 9.17) is 0 Å². The van der Waals surface area contributed by atoms with Gasteiger partial charge in [-0.1, -0.05) is 6.42 Å². The zero-order valence-electron chi connectivity index (χ0n) is 13.8. The molecule has 22 heavy (non-hydrogen) atoms. The van der Waals surface area contributed by atoms with E-state index < -0.39 is 0 Å². The Morgan fingerprint density at radius 3 is 2.36 bits per heavy atom. The van der Waals surface area contributed by atoms with Crippen molar-refractivity contribution in [2.45, 2.75) is 52.0 Å². The standard InChI is InChI=1S/C18H26N4/c1-14-12-18(20-15(2)17(14)13-19)22-10-6-16(7-11-22)21-8-4-3-5-9-21/h12,16H,3-11H2,1-2H3. The molecule has 4 heteroatoms. The van der Waals surface area contributed by atoms with Crippen molar-refractivity contribution < 1.29 is 0 Å². The average Bonchev–Trinajstić information content (AvgIpc) is 2.55. The van der Waals surface area contributed by atoms with Crippen LogP contribution in [0, 0.1) is 25.2 Å². The number of aryl methyl sites for hydroxylation is 2. The van der Waals surface area contributed by atoms with E-state index in [9.17, 15) is 5.26 Å². The third kappa shape index (κ3) is 3.10. The second-order valence-corrected chi connectivity index (χ2v) is 6.68. The van der Waals surface area contributed by atoms with Crippen LogP contribution in [0.15, 0.2) is 6.07 Å². The smallest absolute Gasteiger partial charge is 0.129 e. The van der Waals surface area contributed by atoms with Crippen LogP contribution in [-0.2, 0) is 0 Å². The lowest BCUT2D eigenvalue weighted by Crippen LogP contribution is -2.47. The summed E-state index contributed by atoms with van der Waals surface area (Å²) in [5.74, 6) is 1.05. The fourth-order valence-corrected chi connectivity index (χ4v) is 3.89. The first kappa shape index (κ1) is 15.3. The SMILES string of the molecule is Cc1cc(N2CCC(N3CCCCC3)CC2)nc(C)c1C#N. The maximum absolute atomic E-state index is 9.17. The van der Waals surface area contributed by atoms with Crippen molar-refractivity contribution in [2.24, 2.45) is 0 Å². The van der Waals surface area contributed by atoms with E-state index in [-0.39, 0.29) is 0 Å². The summed E-state index contributed by atoms with van der Waals surface area (Å²) in [7, 11) is 0. The highest BCUT2D eigenvalue weighted by atomic mass is 15.2. The van der Waals surface area contributed by atoms with E-state index in [1.807, 2.05) is 13.8 Å². The molecule has 0 N–H and O–H groups in total. The number of hydrogen-bond acceptors (Lipinski definition) is 4. The molecule has 2 aliphatic rings. The molecule has 0 spiro atoms. The Morgan fingerprint density at radius 1 is 1.09 bits per heavy atom. The number of nitrogens with zero attached hydrogens (tertiary/aromatic N) is 4. The predicted octanol–water partition coefficient (Wildman–Crippen LogP) is 3.02.